The summed E-state index contributed by atoms with van der Waals surface area (Å²) in [5.41, 5.74) is 0.819. The Balaban J connectivity index is 2.57. The van der Waals surface area contributed by atoms with Crippen molar-refractivity contribution >= 4 is 17.4 Å². The van der Waals surface area contributed by atoms with E-state index in [0.29, 0.717) is 5.88 Å². The second-order valence-corrected chi connectivity index (χ2v) is 3.54. The maximum Gasteiger partial charge on any atom is 0.146 e. The lowest BCUT2D eigenvalue weighted by Gasteiger charge is -2.16. The Hall–Kier alpha value is -0.830. The molecule has 0 atom stereocenters. The highest BCUT2D eigenvalue weighted by atomic mass is 35.5. The predicted molar refractivity (Wildman–Crippen MR) is 59.8 cm³/mol. The van der Waals surface area contributed by atoms with Gasteiger partial charge in [0.05, 0.1) is 24.0 Å². The van der Waals surface area contributed by atoms with Gasteiger partial charge in [-0.25, -0.2) is 4.98 Å². The first kappa shape index (κ1) is 11.2. The van der Waals surface area contributed by atoms with Crippen molar-refractivity contribution in [3.63, 3.8) is 0 Å². The second-order valence-electron chi connectivity index (χ2n) is 3.27. The van der Waals surface area contributed by atoms with Gasteiger partial charge in [0, 0.05) is 13.6 Å². The molecule has 0 saturated carbocycles. The molecule has 4 heteroatoms. The van der Waals surface area contributed by atoms with Crippen LogP contribution < -0.4 is 4.90 Å². The van der Waals surface area contributed by atoms with Crippen LogP contribution in [0.5, 0.6) is 0 Å². The van der Waals surface area contributed by atoms with E-state index in [2.05, 4.69) is 21.8 Å². The Morgan fingerprint density at radius 2 is 2.14 bits per heavy atom. The molecule has 1 aromatic rings. The highest BCUT2D eigenvalue weighted by Crippen LogP contribution is 2.08. The Morgan fingerprint density at radius 1 is 1.36 bits per heavy atom. The van der Waals surface area contributed by atoms with E-state index < -0.39 is 0 Å². The number of rotatable bonds is 5. The van der Waals surface area contributed by atoms with Crippen LogP contribution in [0.4, 0.5) is 5.82 Å². The summed E-state index contributed by atoms with van der Waals surface area (Å²) in [6, 6.07) is 0. The molecule has 0 saturated heterocycles. The first-order valence-corrected chi connectivity index (χ1v) is 5.39. The third-order valence-corrected chi connectivity index (χ3v) is 2.34. The summed E-state index contributed by atoms with van der Waals surface area (Å²) in [5, 5.41) is 0. The molecule has 0 N–H and O–H groups in total. The summed E-state index contributed by atoms with van der Waals surface area (Å²) in [7, 11) is 2.03. The normalized spacial score (nSPS) is 10.2. The average Bonchev–Trinajstić information content (AvgIpc) is 2.26. The number of halogens is 1. The molecule has 0 spiro atoms. The zero-order chi connectivity index (χ0) is 10.4. The topological polar surface area (TPSA) is 29.0 Å². The van der Waals surface area contributed by atoms with E-state index in [1.54, 1.807) is 12.4 Å². The number of hydrogen-bond donors (Lipinski definition) is 0. The number of alkyl halides is 1. The molecular weight excluding hydrogens is 198 g/mol. The third-order valence-electron chi connectivity index (χ3n) is 2.07. The largest absolute Gasteiger partial charge is 0.358 e. The summed E-state index contributed by atoms with van der Waals surface area (Å²) >= 11 is 5.63. The fraction of sp³-hybridized carbons (Fsp3) is 0.600. The summed E-state index contributed by atoms with van der Waals surface area (Å²) < 4.78 is 0. The van der Waals surface area contributed by atoms with Gasteiger partial charge < -0.3 is 4.90 Å². The van der Waals surface area contributed by atoms with Crippen LogP contribution in [-0.4, -0.2) is 23.6 Å². The van der Waals surface area contributed by atoms with E-state index in [1.165, 1.54) is 12.8 Å². The maximum absolute atomic E-state index is 5.63. The smallest absolute Gasteiger partial charge is 0.146 e. The fourth-order valence-electron chi connectivity index (χ4n) is 1.12. The van der Waals surface area contributed by atoms with Crippen molar-refractivity contribution in [1.82, 2.24) is 9.97 Å². The zero-order valence-corrected chi connectivity index (χ0v) is 9.46. The molecule has 0 aromatic carbocycles. The minimum atomic E-state index is 0.423. The monoisotopic (exact) mass is 213 g/mol. The van der Waals surface area contributed by atoms with Crippen molar-refractivity contribution in [1.29, 1.82) is 0 Å². The van der Waals surface area contributed by atoms with Crippen molar-refractivity contribution in [3.8, 4) is 0 Å². The van der Waals surface area contributed by atoms with Gasteiger partial charge in [0.25, 0.3) is 0 Å². The van der Waals surface area contributed by atoms with Crippen molar-refractivity contribution < 1.29 is 0 Å². The number of nitrogens with zero attached hydrogens (tertiary/aromatic N) is 3. The zero-order valence-electron chi connectivity index (χ0n) is 8.70. The van der Waals surface area contributed by atoms with Crippen molar-refractivity contribution in [3.05, 3.63) is 18.1 Å². The van der Waals surface area contributed by atoms with Crippen molar-refractivity contribution in [2.75, 3.05) is 18.5 Å². The SMILES string of the molecule is CCCCN(C)c1cnc(CCl)cn1. The van der Waals surface area contributed by atoms with E-state index in [-0.39, 0.29) is 0 Å². The number of anilines is 1. The Morgan fingerprint density at radius 3 is 2.64 bits per heavy atom. The molecule has 1 aromatic heterocycles. The summed E-state index contributed by atoms with van der Waals surface area (Å²) in [6.07, 6.45) is 5.87. The van der Waals surface area contributed by atoms with Gasteiger partial charge in [-0.05, 0) is 6.42 Å². The summed E-state index contributed by atoms with van der Waals surface area (Å²) in [5.74, 6) is 1.33. The number of hydrogen-bond acceptors (Lipinski definition) is 3. The van der Waals surface area contributed by atoms with Crippen molar-refractivity contribution in [2.45, 2.75) is 25.6 Å². The van der Waals surface area contributed by atoms with Crippen LogP contribution >= 0.6 is 11.6 Å². The lowest BCUT2D eigenvalue weighted by molar-refractivity contribution is 0.757. The van der Waals surface area contributed by atoms with Gasteiger partial charge in [-0.15, -0.1) is 11.6 Å². The lowest BCUT2D eigenvalue weighted by Crippen LogP contribution is -2.19. The van der Waals surface area contributed by atoms with Crippen LogP contribution in [0.25, 0.3) is 0 Å². The molecular formula is C10H16ClN3. The molecule has 0 fully saturated rings. The van der Waals surface area contributed by atoms with Gasteiger partial charge >= 0.3 is 0 Å². The van der Waals surface area contributed by atoms with E-state index >= 15 is 0 Å². The van der Waals surface area contributed by atoms with Crippen LogP contribution in [0.15, 0.2) is 12.4 Å². The molecule has 1 heterocycles. The predicted octanol–water partition coefficient (Wildman–Crippen LogP) is 2.45. The molecule has 78 valence electrons. The first-order chi connectivity index (χ1) is 6.77. The van der Waals surface area contributed by atoms with E-state index in [1.807, 2.05) is 7.05 Å². The lowest BCUT2D eigenvalue weighted by atomic mass is 10.3. The van der Waals surface area contributed by atoms with E-state index in [9.17, 15) is 0 Å². The van der Waals surface area contributed by atoms with E-state index in [4.69, 9.17) is 11.6 Å². The summed E-state index contributed by atoms with van der Waals surface area (Å²) in [4.78, 5) is 10.6. The molecule has 0 unspecified atom stereocenters. The van der Waals surface area contributed by atoms with Gasteiger partial charge in [0.1, 0.15) is 5.82 Å². The molecule has 1 rings (SSSR count). The first-order valence-electron chi connectivity index (χ1n) is 4.86. The quantitative estimate of drug-likeness (QED) is 0.704. The molecule has 0 amide bonds. The molecule has 0 radical (unpaired) electrons. The van der Waals surface area contributed by atoms with Crippen LogP contribution in [-0.2, 0) is 5.88 Å². The minimum Gasteiger partial charge on any atom is -0.358 e. The number of unbranched alkanes of at least 4 members (excludes halogenated alkanes) is 1. The van der Waals surface area contributed by atoms with Gasteiger partial charge in [-0.2, -0.15) is 0 Å². The van der Waals surface area contributed by atoms with Gasteiger partial charge in [0.15, 0.2) is 0 Å². The Kier molecular flexibility index (Phi) is 4.66. The minimum absolute atomic E-state index is 0.423. The maximum atomic E-state index is 5.63. The highest BCUT2D eigenvalue weighted by Gasteiger charge is 2.01. The average molecular weight is 214 g/mol. The second kappa shape index (κ2) is 5.81. The molecule has 0 aliphatic heterocycles. The van der Waals surface area contributed by atoms with Gasteiger partial charge in [0.2, 0.25) is 0 Å². The van der Waals surface area contributed by atoms with Crippen molar-refractivity contribution in [2.24, 2.45) is 0 Å². The van der Waals surface area contributed by atoms with E-state index in [0.717, 1.165) is 18.1 Å². The highest BCUT2D eigenvalue weighted by molar-refractivity contribution is 6.16. The molecule has 0 aliphatic carbocycles. The van der Waals surface area contributed by atoms with Crippen LogP contribution in [0, 0.1) is 0 Å². The molecule has 0 aliphatic rings. The Bertz CT molecular complexity index is 261. The van der Waals surface area contributed by atoms with Crippen LogP contribution in [0.1, 0.15) is 25.5 Å². The Labute approximate surface area is 90.1 Å². The molecule has 3 nitrogen and oxygen atoms in total. The van der Waals surface area contributed by atoms with Crippen LogP contribution in [0.2, 0.25) is 0 Å². The van der Waals surface area contributed by atoms with Gasteiger partial charge in [-0.1, -0.05) is 13.3 Å². The summed E-state index contributed by atoms with van der Waals surface area (Å²) in [6.45, 7) is 3.20. The number of aromatic nitrogens is 2. The fourth-order valence-corrected chi connectivity index (χ4v) is 1.26. The molecule has 0 bridgehead atoms. The standard InChI is InChI=1S/C10H16ClN3/c1-3-4-5-14(2)10-8-12-9(6-11)7-13-10/h7-8H,3-6H2,1-2H3. The van der Waals surface area contributed by atoms with Crippen LogP contribution in [0.3, 0.4) is 0 Å². The van der Waals surface area contributed by atoms with Gasteiger partial charge in [-0.3, -0.25) is 4.98 Å². The molecule has 14 heavy (non-hydrogen) atoms. The third kappa shape index (κ3) is 3.14.